The van der Waals surface area contributed by atoms with Crippen molar-refractivity contribution in [2.45, 2.75) is 6.61 Å². The molecule has 0 aliphatic heterocycles. The van der Waals surface area contributed by atoms with E-state index in [2.05, 4.69) is 0 Å². The number of carbonyl (C=O) groups excluding carboxylic acids is 1. The Bertz CT molecular complexity index is 1690. The van der Waals surface area contributed by atoms with Crippen molar-refractivity contribution in [1.29, 1.82) is 0 Å². The van der Waals surface area contributed by atoms with E-state index in [-0.39, 0.29) is 33.8 Å². The summed E-state index contributed by atoms with van der Waals surface area (Å²) in [5.74, 6) is 0.930. The fraction of sp³-hybridized carbons (Fsp3) is 0.125. The molecule has 0 N–H and O–H groups in total. The smallest absolute Gasteiger partial charge is 0.343 e. The van der Waals surface area contributed by atoms with Gasteiger partial charge < -0.3 is 28.1 Å². The van der Waals surface area contributed by atoms with E-state index in [0.717, 1.165) is 5.56 Å². The average molecular weight is 539 g/mol. The highest BCUT2D eigenvalue weighted by atomic mass is 16.5. The van der Waals surface area contributed by atoms with Crippen LogP contribution < -0.4 is 29.1 Å². The first-order valence-corrected chi connectivity index (χ1v) is 12.4. The maximum atomic E-state index is 13.9. The average Bonchev–Trinajstić information content (AvgIpc) is 3.01. The van der Waals surface area contributed by atoms with Crippen molar-refractivity contribution in [1.82, 2.24) is 0 Å². The number of ether oxygens (including phenoxy) is 5. The molecule has 0 unspecified atom stereocenters. The molecule has 0 aliphatic rings. The Hall–Kier alpha value is -5.24. The normalized spacial score (nSPS) is 10.7. The predicted molar refractivity (Wildman–Crippen MR) is 150 cm³/mol. The van der Waals surface area contributed by atoms with Gasteiger partial charge in [-0.25, -0.2) is 4.79 Å². The van der Waals surface area contributed by atoms with Crippen LogP contribution >= 0.6 is 0 Å². The molecular weight excluding hydrogens is 512 g/mol. The monoisotopic (exact) mass is 538 g/mol. The largest absolute Gasteiger partial charge is 0.497 e. The van der Waals surface area contributed by atoms with Crippen molar-refractivity contribution in [2.24, 2.45) is 0 Å². The van der Waals surface area contributed by atoms with Crippen LogP contribution in [0.5, 0.6) is 28.7 Å². The van der Waals surface area contributed by atoms with E-state index in [1.807, 2.05) is 30.3 Å². The minimum atomic E-state index is -0.731. The van der Waals surface area contributed by atoms with E-state index >= 15 is 0 Å². The number of methoxy groups -OCH3 is 3. The second-order valence-corrected chi connectivity index (χ2v) is 8.71. The third-order valence-electron chi connectivity index (χ3n) is 6.23. The molecule has 202 valence electrons. The van der Waals surface area contributed by atoms with Gasteiger partial charge in [0.15, 0.2) is 5.76 Å². The van der Waals surface area contributed by atoms with E-state index in [0.29, 0.717) is 29.4 Å². The van der Waals surface area contributed by atoms with Gasteiger partial charge in [0.2, 0.25) is 11.2 Å². The lowest BCUT2D eigenvalue weighted by Crippen LogP contribution is -2.16. The third kappa shape index (κ3) is 5.47. The second-order valence-electron chi connectivity index (χ2n) is 8.71. The first kappa shape index (κ1) is 26.4. The quantitative estimate of drug-likeness (QED) is 0.202. The van der Waals surface area contributed by atoms with Crippen molar-refractivity contribution < 1.29 is 32.9 Å². The van der Waals surface area contributed by atoms with Crippen molar-refractivity contribution in [3.05, 3.63) is 112 Å². The van der Waals surface area contributed by atoms with E-state index in [1.165, 1.54) is 14.2 Å². The van der Waals surface area contributed by atoms with Crippen LogP contribution in [0.4, 0.5) is 0 Å². The minimum Gasteiger partial charge on any atom is -0.497 e. The molecule has 8 heteroatoms. The van der Waals surface area contributed by atoms with Crippen LogP contribution in [0.2, 0.25) is 0 Å². The van der Waals surface area contributed by atoms with Crippen molar-refractivity contribution in [2.75, 3.05) is 21.3 Å². The van der Waals surface area contributed by atoms with Crippen LogP contribution in [-0.2, 0) is 6.61 Å². The molecule has 0 spiro atoms. The van der Waals surface area contributed by atoms with Gasteiger partial charge in [-0.3, -0.25) is 4.79 Å². The number of hydrogen-bond acceptors (Lipinski definition) is 8. The van der Waals surface area contributed by atoms with E-state index in [1.54, 1.807) is 67.8 Å². The summed E-state index contributed by atoms with van der Waals surface area (Å²) in [5.41, 5.74) is 1.36. The molecule has 5 rings (SSSR count). The number of benzene rings is 4. The maximum Gasteiger partial charge on any atom is 0.343 e. The molecule has 4 aromatic carbocycles. The van der Waals surface area contributed by atoms with Gasteiger partial charge in [0.1, 0.15) is 40.6 Å². The molecule has 1 aromatic heterocycles. The van der Waals surface area contributed by atoms with Crippen LogP contribution in [0.25, 0.3) is 22.3 Å². The van der Waals surface area contributed by atoms with Crippen molar-refractivity contribution >= 4 is 16.9 Å². The molecule has 0 bridgehead atoms. The lowest BCUT2D eigenvalue weighted by molar-refractivity contribution is 0.0731. The van der Waals surface area contributed by atoms with Gasteiger partial charge >= 0.3 is 5.97 Å². The molecule has 40 heavy (non-hydrogen) atoms. The molecule has 8 nitrogen and oxygen atoms in total. The zero-order valence-corrected chi connectivity index (χ0v) is 22.1. The summed E-state index contributed by atoms with van der Waals surface area (Å²) < 4.78 is 33.9. The van der Waals surface area contributed by atoms with Crippen molar-refractivity contribution in [3.63, 3.8) is 0 Å². The maximum absolute atomic E-state index is 13.9. The molecule has 5 aromatic rings. The highest BCUT2D eigenvalue weighted by Gasteiger charge is 2.24. The van der Waals surface area contributed by atoms with Gasteiger partial charge in [0.05, 0.1) is 26.9 Å². The van der Waals surface area contributed by atoms with Gasteiger partial charge in [-0.15, -0.1) is 0 Å². The third-order valence-corrected chi connectivity index (χ3v) is 6.23. The van der Waals surface area contributed by atoms with Crippen LogP contribution in [0.15, 0.2) is 100 Å². The Morgan fingerprint density at radius 1 is 0.750 bits per heavy atom. The number of esters is 1. The first-order chi connectivity index (χ1) is 19.5. The highest BCUT2D eigenvalue weighted by Crippen LogP contribution is 2.37. The Morgan fingerprint density at radius 2 is 1.40 bits per heavy atom. The van der Waals surface area contributed by atoms with E-state index < -0.39 is 11.4 Å². The van der Waals surface area contributed by atoms with E-state index in [9.17, 15) is 9.59 Å². The number of fused-ring (bicyclic) bond motifs is 1. The van der Waals surface area contributed by atoms with Crippen LogP contribution in [0.1, 0.15) is 15.9 Å². The number of rotatable bonds is 9. The van der Waals surface area contributed by atoms with Gasteiger partial charge in [-0.2, -0.15) is 0 Å². The summed E-state index contributed by atoms with van der Waals surface area (Å²) in [6, 6.07) is 26.1. The molecule has 0 atom stereocenters. The fourth-order valence-corrected chi connectivity index (χ4v) is 4.13. The van der Waals surface area contributed by atoms with Gasteiger partial charge in [-0.1, -0.05) is 30.3 Å². The summed E-state index contributed by atoms with van der Waals surface area (Å²) in [6.07, 6.45) is 0. The van der Waals surface area contributed by atoms with Crippen LogP contribution in [0, 0.1) is 0 Å². The van der Waals surface area contributed by atoms with Gasteiger partial charge in [-0.05, 0) is 54.1 Å². The predicted octanol–water partition coefficient (Wildman–Crippen LogP) is 6.28. The molecule has 0 amide bonds. The highest BCUT2D eigenvalue weighted by molar-refractivity contribution is 5.94. The molecule has 1 heterocycles. The molecule has 0 fully saturated rings. The van der Waals surface area contributed by atoms with Gasteiger partial charge in [0, 0.05) is 17.7 Å². The Kier molecular flexibility index (Phi) is 7.68. The standard InChI is InChI=1S/C32H26O8/c1-35-23-13-9-21(10-14-23)30-31(40-32(34)22-11-15-24(36-2)16-12-22)29(33)28-26(37-3)17-25(18-27(28)39-30)38-19-20-7-5-4-6-8-20/h4-18H,19H2,1-3H3. The van der Waals surface area contributed by atoms with Crippen LogP contribution in [0.3, 0.4) is 0 Å². The van der Waals surface area contributed by atoms with Crippen LogP contribution in [-0.4, -0.2) is 27.3 Å². The summed E-state index contributed by atoms with van der Waals surface area (Å²) in [6.45, 7) is 0.308. The summed E-state index contributed by atoms with van der Waals surface area (Å²) in [4.78, 5) is 27.0. The lowest BCUT2D eigenvalue weighted by atomic mass is 10.1. The zero-order valence-electron chi connectivity index (χ0n) is 22.1. The summed E-state index contributed by atoms with van der Waals surface area (Å²) >= 11 is 0. The molecule has 0 saturated carbocycles. The van der Waals surface area contributed by atoms with Crippen molar-refractivity contribution in [3.8, 4) is 40.1 Å². The second kappa shape index (κ2) is 11.7. The number of hydrogen-bond donors (Lipinski definition) is 0. The molecular formula is C32H26O8. The zero-order chi connectivity index (χ0) is 28.1. The molecule has 0 saturated heterocycles. The summed E-state index contributed by atoms with van der Waals surface area (Å²) in [5, 5.41) is 0.115. The topological polar surface area (TPSA) is 93.4 Å². The molecule has 0 radical (unpaired) electrons. The molecule has 0 aliphatic carbocycles. The Labute approximate surface area is 230 Å². The lowest BCUT2D eigenvalue weighted by Gasteiger charge is -2.14. The van der Waals surface area contributed by atoms with Gasteiger partial charge in [0.25, 0.3) is 0 Å². The van der Waals surface area contributed by atoms with E-state index in [4.69, 9.17) is 28.1 Å². The number of carbonyl (C=O) groups is 1. The minimum absolute atomic E-state index is 0.0734. The fourth-order valence-electron chi connectivity index (χ4n) is 4.13. The first-order valence-electron chi connectivity index (χ1n) is 12.4. The Balaban J connectivity index is 1.62. The SMILES string of the molecule is COc1ccc(C(=O)Oc2c(-c3ccc(OC)cc3)oc3cc(OCc4ccccc4)cc(OC)c3c2=O)cc1. The Morgan fingerprint density at radius 3 is 2.02 bits per heavy atom. The summed E-state index contributed by atoms with van der Waals surface area (Å²) in [7, 11) is 4.52.